The van der Waals surface area contributed by atoms with Crippen LogP contribution in [0.3, 0.4) is 0 Å². The molecule has 9 heteroatoms. The number of morpholine rings is 1. The van der Waals surface area contributed by atoms with Crippen LogP contribution in [0.25, 0.3) is 0 Å². The van der Waals surface area contributed by atoms with Crippen molar-refractivity contribution in [2.45, 2.75) is 25.4 Å². The van der Waals surface area contributed by atoms with Gasteiger partial charge in [0.05, 0.1) is 26.2 Å². The highest BCUT2D eigenvalue weighted by Crippen LogP contribution is 2.07. The van der Waals surface area contributed by atoms with Crippen molar-refractivity contribution in [3.05, 3.63) is 12.2 Å². The molecule has 2 rings (SSSR count). The Bertz CT molecular complexity index is 541. The van der Waals surface area contributed by atoms with Crippen LogP contribution in [0.4, 0.5) is 0 Å². The zero-order valence-corrected chi connectivity index (χ0v) is 13.9. The van der Waals surface area contributed by atoms with E-state index in [1.54, 1.807) is 0 Å². The highest BCUT2D eigenvalue weighted by Gasteiger charge is 2.33. The Morgan fingerprint density at radius 2 is 1.88 bits per heavy atom. The summed E-state index contributed by atoms with van der Waals surface area (Å²) >= 11 is 0. The first-order valence-electron chi connectivity index (χ1n) is 8.24. The predicted octanol–water partition coefficient (Wildman–Crippen LogP) is -0.843. The summed E-state index contributed by atoms with van der Waals surface area (Å²) < 4.78 is 15.0. The number of nitrogens with one attached hydrogen (secondary N) is 1. The van der Waals surface area contributed by atoms with E-state index in [1.807, 2.05) is 5.32 Å². The van der Waals surface area contributed by atoms with Gasteiger partial charge in [0, 0.05) is 25.2 Å². The fourth-order valence-corrected chi connectivity index (χ4v) is 2.42. The van der Waals surface area contributed by atoms with E-state index in [-0.39, 0.29) is 13.0 Å². The van der Waals surface area contributed by atoms with E-state index in [9.17, 15) is 19.2 Å². The van der Waals surface area contributed by atoms with Crippen LogP contribution in [0.5, 0.6) is 0 Å². The molecule has 2 saturated heterocycles. The van der Waals surface area contributed by atoms with E-state index in [0.717, 1.165) is 57.8 Å². The number of nitrogens with zero attached hydrogens (tertiary/aromatic N) is 1. The average Bonchev–Trinajstić information content (AvgIpc) is 2.91. The number of carbonyl (C=O) groups excluding carboxylic acids is 4. The van der Waals surface area contributed by atoms with E-state index >= 15 is 0 Å². The van der Waals surface area contributed by atoms with E-state index in [2.05, 4.69) is 4.90 Å². The number of ether oxygens (including phenoxy) is 3. The zero-order chi connectivity index (χ0) is 18.1. The smallest absolute Gasteiger partial charge is 0.331 e. The fraction of sp³-hybridized carbons (Fsp3) is 0.625. The van der Waals surface area contributed by atoms with Crippen LogP contribution in [0.15, 0.2) is 12.2 Å². The van der Waals surface area contributed by atoms with Gasteiger partial charge in [-0.3, -0.25) is 19.8 Å². The molecule has 138 valence electrons. The lowest BCUT2D eigenvalue weighted by molar-refractivity contribution is -0.149. The topological polar surface area (TPSA) is 111 Å². The first-order chi connectivity index (χ1) is 12.0. The summed E-state index contributed by atoms with van der Waals surface area (Å²) in [6.45, 7) is 4.57. The lowest BCUT2D eigenvalue weighted by atomic mass is 10.3. The minimum absolute atomic E-state index is 0.202. The SMILES string of the molecule is O=C1CC(OC(=O)/C=C/C(=O)OCCCCN2CCOCC2)C(=O)N1. The number of rotatable bonds is 8. The lowest BCUT2D eigenvalue weighted by Gasteiger charge is -2.26. The largest absolute Gasteiger partial charge is 0.463 e. The summed E-state index contributed by atoms with van der Waals surface area (Å²) in [5.74, 6) is -2.69. The number of esters is 2. The molecule has 2 heterocycles. The quantitative estimate of drug-likeness (QED) is 0.260. The predicted molar refractivity (Wildman–Crippen MR) is 84.2 cm³/mol. The molecule has 0 spiro atoms. The van der Waals surface area contributed by atoms with Gasteiger partial charge in [0.1, 0.15) is 0 Å². The van der Waals surface area contributed by atoms with E-state index in [1.165, 1.54) is 0 Å². The molecule has 25 heavy (non-hydrogen) atoms. The monoisotopic (exact) mass is 354 g/mol. The van der Waals surface area contributed by atoms with Crippen LogP contribution in [0.2, 0.25) is 0 Å². The third-order valence-electron chi connectivity index (χ3n) is 3.76. The molecule has 0 aromatic heterocycles. The summed E-state index contributed by atoms with van der Waals surface area (Å²) in [6, 6.07) is 0. The Morgan fingerprint density at radius 1 is 1.16 bits per heavy atom. The summed E-state index contributed by atoms with van der Waals surface area (Å²) in [6.07, 6.45) is 2.12. The van der Waals surface area contributed by atoms with Crippen molar-refractivity contribution in [1.82, 2.24) is 10.2 Å². The summed E-state index contributed by atoms with van der Waals surface area (Å²) in [4.78, 5) is 47.5. The Labute approximate surface area is 145 Å². The molecule has 1 unspecified atom stereocenters. The van der Waals surface area contributed by atoms with Gasteiger partial charge in [0.2, 0.25) is 5.91 Å². The third-order valence-corrected chi connectivity index (χ3v) is 3.76. The van der Waals surface area contributed by atoms with Crippen LogP contribution >= 0.6 is 0 Å². The van der Waals surface area contributed by atoms with Crippen molar-refractivity contribution in [2.24, 2.45) is 0 Å². The molecule has 0 saturated carbocycles. The van der Waals surface area contributed by atoms with Gasteiger partial charge in [-0.25, -0.2) is 9.59 Å². The first-order valence-corrected chi connectivity index (χ1v) is 8.24. The second-order valence-electron chi connectivity index (χ2n) is 5.70. The van der Waals surface area contributed by atoms with Crippen LogP contribution in [0.1, 0.15) is 19.3 Å². The molecule has 2 amide bonds. The standard InChI is InChI=1S/C16H22N2O7/c19-13-11-12(16(22)17-13)25-15(21)4-3-14(20)24-8-2-1-5-18-6-9-23-10-7-18/h3-4,12H,1-2,5-11H2,(H,17,19,22)/b4-3+. The van der Waals surface area contributed by atoms with Crippen molar-refractivity contribution in [1.29, 1.82) is 0 Å². The highest BCUT2D eigenvalue weighted by atomic mass is 16.6. The highest BCUT2D eigenvalue weighted by molar-refractivity contribution is 6.06. The van der Waals surface area contributed by atoms with Crippen molar-refractivity contribution in [3.8, 4) is 0 Å². The van der Waals surface area contributed by atoms with Gasteiger partial charge in [-0.05, 0) is 19.4 Å². The fourth-order valence-electron chi connectivity index (χ4n) is 2.42. The first kappa shape index (κ1) is 19.1. The minimum Gasteiger partial charge on any atom is -0.463 e. The molecule has 0 aliphatic carbocycles. The van der Waals surface area contributed by atoms with Gasteiger partial charge in [0.25, 0.3) is 5.91 Å². The second-order valence-corrected chi connectivity index (χ2v) is 5.70. The zero-order valence-electron chi connectivity index (χ0n) is 13.9. The van der Waals surface area contributed by atoms with Crippen molar-refractivity contribution in [3.63, 3.8) is 0 Å². The molecule has 1 N–H and O–H groups in total. The Kier molecular flexibility index (Phi) is 7.55. The molecule has 2 aliphatic heterocycles. The molecule has 0 aromatic carbocycles. The Hall–Kier alpha value is -2.26. The van der Waals surface area contributed by atoms with Gasteiger partial charge < -0.3 is 14.2 Å². The van der Waals surface area contributed by atoms with E-state index in [0.29, 0.717) is 0 Å². The number of unbranched alkanes of at least 4 members (excludes halogenated alkanes) is 1. The van der Waals surface area contributed by atoms with Crippen LogP contribution in [0, 0.1) is 0 Å². The normalized spacial score (nSPS) is 21.4. The van der Waals surface area contributed by atoms with Crippen molar-refractivity contribution < 1.29 is 33.4 Å². The van der Waals surface area contributed by atoms with Crippen molar-refractivity contribution >= 4 is 23.8 Å². The molecule has 2 fully saturated rings. The second kappa shape index (κ2) is 9.90. The molecule has 1 atom stereocenters. The lowest BCUT2D eigenvalue weighted by Crippen LogP contribution is -2.36. The molecular weight excluding hydrogens is 332 g/mol. The summed E-state index contributed by atoms with van der Waals surface area (Å²) in [7, 11) is 0. The third kappa shape index (κ3) is 7.02. The van der Waals surface area contributed by atoms with Gasteiger partial charge in [-0.15, -0.1) is 0 Å². The van der Waals surface area contributed by atoms with Crippen LogP contribution < -0.4 is 5.32 Å². The Morgan fingerprint density at radius 3 is 2.56 bits per heavy atom. The number of hydrogen-bond acceptors (Lipinski definition) is 8. The molecular formula is C16H22N2O7. The van der Waals surface area contributed by atoms with Gasteiger partial charge in [-0.1, -0.05) is 0 Å². The van der Waals surface area contributed by atoms with Gasteiger partial charge in [0.15, 0.2) is 6.10 Å². The molecule has 2 aliphatic rings. The number of hydrogen-bond donors (Lipinski definition) is 1. The van der Waals surface area contributed by atoms with Gasteiger partial charge >= 0.3 is 11.9 Å². The summed E-state index contributed by atoms with van der Waals surface area (Å²) in [5.41, 5.74) is 0. The van der Waals surface area contributed by atoms with E-state index < -0.39 is 29.9 Å². The number of imide groups is 1. The van der Waals surface area contributed by atoms with Crippen molar-refractivity contribution in [2.75, 3.05) is 39.5 Å². The van der Waals surface area contributed by atoms with Crippen LogP contribution in [-0.4, -0.2) is 74.2 Å². The molecule has 0 radical (unpaired) electrons. The maximum Gasteiger partial charge on any atom is 0.331 e. The number of amides is 2. The number of carbonyl (C=O) groups is 4. The molecule has 0 bridgehead atoms. The molecule has 0 aromatic rings. The van der Waals surface area contributed by atoms with Gasteiger partial charge in [-0.2, -0.15) is 0 Å². The Balaban J connectivity index is 1.54. The maximum atomic E-state index is 11.5. The van der Waals surface area contributed by atoms with E-state index in [4.69, 9.17) is 14.2 Å². The minimum atomic E-state index is -1.14. The maximum absolute atomic E-state index is 11.5. The average molecular weight is 354 g/mol. The van der Waals surface area contributed by atoms with Crippen LogP contribution in [-0.2, 0) is 33.4 Å². The molecule has 9 nitrogen and oxygen atoms in total. The summed E-state index contributed by atoms with van der Waals surface area (Å²) in [5, 5.41) is 2.02.